The zero-order chi connectivity index (χ0) is 12.1. The topological polar surface area (TPSA) is 28.2 Å². The molecule has 0 unspecified atom stereocenters. The lowest BCUT2D eigenvalue weighted by atomic mass is 9.99. The van der Waals surface area contributed by atoms with Gasteiger partial charge < -0.3 is 10.2 Å². The Hall–Kier alpha value is -1.16. The van der Waals surface area contributed by atoms with Crippen molar-refractivity contribution < 1.29 is 4.39 Å². The minimum atomic E-state index is -0.278. The Morgan fingerprint density at radius 3 is 2.94 bits per heavy atom. The van der Waals surface area contributed by atoms with Crippen LogP contribution in [-0.2, 0) is 0 Å². The molecule has 0 radical (unpaired) electrons. The normalized spacial score (nSPS) is 18.2. The van der Waals surface area contributed by atoms with Gasteiger partial charge in [0.05, 0.1) is 0 Å². The highest BCUT2D eigenvalue weighted by Crippen LogP contribution is 2.15. The molecule has 2 heterocycles. The van der Waals surface area contributed by atoms with Crippen molar-refractivity contribution in [1.29, 1.82) is 0 Å². The van der Waals surface area contributed by atoms with Crippen molar-refractivity contribution in [3.05, 3.63) is 24.1 Å². The summed E-state index contributed by atoms with van der Waals surface area (Å²) in [4.78, 5) is 6.39. The first-order chi connectivity index (χ1) is 8.25. The van der Waals surface area contributed by atoms with E-state index in [0.29, 0.717) is 5.82 Å². The van der Waals surface area contributed by atoms with Crippen LogP contribution in [0.3, 0.4) is 0 Å². The predicted molar refractivity (Wildman–Crippen MR) is 67.5 cm³/mol. The number of piperidine rings is 1. The van der Waals surface area contributed by atoms with Crippen molar-refractivity contribution in [2.24, 2.45) is 5.92 Å². The summed E-state index contributed by atoms with van der Waals surface area (Å²) in [5.74, 6) is 0.935. The third-order valence-corrected chi connectivity index (χ3v) is 3.36. The lowest BCUT2D eigenvalue weighted by molar-refractivity contribution is 0.199. The number of hydrogen-bond donors (Lipinski definition) is 1. The minimum absolute atomic E-state index is 0.278. The summed E-state index contributed by atoms with van der Waals surface area (Å²) < 4.78 is 13.3. The number of aromatic nitrogens is 1. The summed E-state index contributed by atoms with van der Waals surface area (Å²) in [5, 5.41) is 3.04. The highest BCUT2D eigenvalue weighted by Gasteiger charge is 2.14. The first-order valence-electron chi connectivity index (χ1n) is 6.32. The molecule has 94 valence electrons. The Labute approximate surface area is 102 Å². The van der Waals surface area contributed by atoms with Crippen LogP contribution >= 0.6 is 0 Å². The fourth-order valence-electron chi connectivity index (χ4n) is 2.13. The molecule has 1 aromatic heterocycles. The zero-order valence-corrected chi connectivity index (χ0v) is 10.3. The predicted octanol–water partition coefficient (Wildman–Crippen LogP) is 2.36. The Kier molecular flexibility index (Phi) is 4.31. The fraction of sp³-hybridized carbons (Fsp3) is 0.615. The third kappa shape index (κ3) is 3.66. The molecule has 0 bridgehead atoms. The Bertz CT molecular complexity index is 348. The molecule has 4 heteroatoms. The van der Waals surface area contributed by atoms with Gasteiger partial charge in [-0.25, -0.2) is 9.37 Å². The van der Waals surface area contributed by atoms with Crippen molar-refractivity contribution in [2.45, 2.75) is 19.8 Å². The van der Waals surface area contributed by atoms with E-state index in [4.69, 9.17) is 0 Å². The van der Waals surface area contributed by atoms with Gasteiger partial charge in [0, 0.05) is 19.3 Å². The van der Waals surface area contributed by atoms with E-state index >= 15 is 0 Å². The van der Waals surface area contributed by atoms with Crippen molar-refractivity contribution in [1.82, 2.24) is 9.88 Å². The number of pyridine rings is 1. The van der Waals surface area contributed by atoms with Crippen LogP contribution in [0.2, 0.25) is 0 Å². The Balaban J connectivity index is 1.71. The Morgan fingerprint density at radius 1 is 1.47 bits per heavy atom. The molecule has 1 aliphatic rings. The standard InChI is InChI=1S/C13H20FN3/c1-11-4-8-17(9-5-11)10-7-16-13-12(14)3-2-6-15-13/h2-3,6,11H,4-5,7-10H2,1H3,(H,15,16). The summed E-state index contributed by atoms with van der Waals surface area (Å²) in [6.45, 7) is 6.34. The highest BCUT2D eigenvalue weighted by atomic mass is 19.1. The van der Waals surface area contributed by atoms with E-state index < -0.39 is 0 Å². The van der Waals surface area contributed by atoms with Crippen LogP contribution in [0.15, 0.2) is 18.3 Å². The van der Waals surface area contributed by atoms with Crippen LogP contribution in [-0.4, -0.2) is 36.1 Å². The quantitative estimate of drug-likeness (QED) is 0.871. The number of nitrogens with zero attached hydrogens (tertiary/aromatic N) is 2. The first-order valence-corrected chi connectivity index (χ1v) is 6.32. The SMILES string of the molecule is CC1CCN(CCNc2ncccc2F)CC1. The highest BCUT2D eigenvalue weighted by molar-refractivity contribution is 5.35. The molecule has 0 aliphatic carbocycles. The van der Waals surface area contributed by atoms with Gasteiger partial charge in [0.1, 0.15) is 0 Å². The molecule has 1 fully saturated rings. The number of hydrogen-bond acceptors (Lipinski definition) is 3. The van der Waals surface area contributed by atoms with Gasteiger partial charge in [0.25, 0.3) is 0 Å². The molecule has 0 amide bonds. The van der Waals surface area contributed by atoms with E-state index in [1.165, 1.54) is 18.9 Å². The van der Waals surface area contributed by atoms with Crippen LogP contribution in [0.4, 0.5) is 10.2 Å². The van der Waals surface area contributed by atoms with Gasteiger partial charge in [-0.05, 0) is 44.0 Å². The number of nitrogens with one attached hydrogen (secondary N) is 1. The van der Waals surface area contributed by atoms with Crippen molar-refractivity contribution in [3.63, 3.8) is 0 Å². The van der Waals surface area contributed by atoms with Gasteiger partial charge in [-0.1, -0.05) is 6.92 Å². The molecule has 1 aromatic rings. The van der Waals surface area contributed by atoms with Gasteiger partial charge in [0.2, 0.25) is 0 Å². The molecule has 0 spiro atoms. The van der Waals surface area contributed by atoms with Gasteiger partial charge >= 0.3 is 0 Å². The second kappa shape index (κ2) is 5.96. The molecule has 0 saturated carbocycles. The van der Waals surface area contributed by atoms with Crippen molar-refractivity contribution in [2.75, 3.05) is 31.5 Å². The first kappa shape index (κ1) is 12.3. The van der Waals surface area contributed by atoms with Crippen LogP contribution in [0.25, 0.3) is 0 Å². The summed E-state index contributed by atoms with van der Waals surface area (Å²) in [6.07, 6.45) is 4.16. The van der Waals surface area contributed by atoms with Crippen molar-refractivity contribution in [3.8, 4) is 0 Å². The van der Waals surface area contributed by atoms with E-state index in [1.54, 1.807) is 12.3 Å². The average molecular weight is 237 g/mol. The Morgan fingerprint density at radius 2 is 2.24 bits per heavy atom. The molecule has 0 aromatic carbocycles. The third-order valence-electron chi connectivity index (χ3n) is 3.36. The maximum absolute atomic E-state index is 13.3. The monoisotopic (exact) mass is 237 g/mol. The number of anilines is 1. The molecular formula is C13H20FN3. The number of likely N-dealkylation sites (tertiary alicyclic amines) is 1. The number of rotatable bonds is 4. The lowest BCUT2D eigenvalue weighted by Gasteiger charge is -2.30. The van der Waals surface area contributed by atoms with Gasteiger partial charge in [-0.15, -0.1) is 0 Å². The molecule has 2 rings (SSSR count). The second-order valence-corrected chi connectivity index (χ2v) is 4.78. The van der Waals surface area contributed by atoms with E-state index in [-0.39, 0.29) is 5.82 Å². The minimum Gasteiger partial charge on any atom is -0.366 e. The molecule has 1 N–H and O–H groups in total. The summed E-state index contributed by atoms with van der Waals surface area (Å²) in [6, 6.07) is 3.03. The summed E-state index contributed by atoms with van der Waals surface area (Å²) in [5.41, 5.74) is 0. The van der Waals surface area contributed by atoms with Crippen LogP contribution in [0.1, 0.15) is 19.8 Å². The molecule has 1 aliphatic heterocycles. The van der Waals surface area contributed by atoms with E-state index in [9.17, 15) is 4.39 Å². The summed E-state index contributed by atoms with van der Waals surface area (Å²) >= 11 is 0. The fourth-order valence-corrected chi connectivity index (χ4v) is 2.13. The average Bonchev–Trinajstić information content (AvgIpc) is 2.34. The molecular weight excluding hydrogens is 217 g/mol. The van der Waals surface area contributed by atoms with Crippen LogP contribution in [0.5, 0.6) is 0 Å². The smallest absolute Gasteiger partial charge is 0.165 e. The molecule has 3 nitrogen and oxygen atoms in total. The van der Waals surface area contributed by atoms with Gasteiger partial charge in [0.15, 0.2) is 11.6 Å². The van der Waals surface area contributed by atoms with E-state index in [1.807, 2.05) is 0 Å². The van der Waals surface area contributed by atoms with E-state index in [2.05, 4.69) is 22.1 Å². The summed E-state index contributed by atoms with van der Waals surface area (Å²) in [7, 11) is 0. The molecule has 17 heavy (non-hydrogen) atoms. The maximum atomic E-state index is 13.3. The second-order valence-electron chi connectivity index (χ2n) is 4.78. The number of halogens is 1. The van der Waals surface area contributed by atoms with Crippen LogP contribution in [0, 0.1) is 11.7 Å². The molecule has 0 atom stereocenters. The maximum Gasteiger partial charge on any atom is 0.165 e. The zero-order valence-electron chi connectivity index (χ0n) is 10.3. The van der Waals surface area contributed by atoms with Gasteiger partial charge in [-0.3, -0.25) is 0 Å². The van der Waals surface area contributed by atoms with Crippen LogP contribution < -0.4 is 5.32 Å². The van der Waals surface area contributed by atoms with Crippen molar-refractivity contribution >= 4 is 5.82 Å². The van der Waals surface area contributed by atoms with E-state index in [0.717, 1.165) is 32.1 Å². The largest absolute Gasteiger partial charge is 0.366 e. The van der Waals surface area contributed by atoms with Gasteiger partial charge in [-0.2, -0.15) is 0 Å². The molecule has 1 saturated heterocycles. The lowest BCUT2D eigenvalue weighted by Crippen LogP contribution is -2.36.